The summed E-state index contributed by atoms with van der Waals surface area (Å²) < 4.78 is 17.2. The standard InChI is InChI=1S/C13H23NO3/c1-2-11(1)8-15-10-16-12-7-13(17-9-12)3-5-14-6-4-13/h11-12,14H,1-10H2. The first kappa shape index (κ1) is 11.9. The largest absolute Gasteiger partial charge is 0.372 e. The molecule has 0 amide bonds. The van der Waals surface area contributed by atoms with Crippen molar-refractivity contribution < 1.29 is 14.2 Å². The maximum atomic E-state index is 5.96. The summed E-state index contributed by atoms with van der Waals surface area (Å²) in [7, 11) is 0. The zero-order valence-corrected chi connectivity index (χ0v) is 10.5. The van der Waals surface area contributed by atoms with E-state index in [4.69, 9.17) is 14.2 Å². The van der Waals surface area contributed by atoms with Crippen LogP contribution in [0.4, 0.5) is 0 Å². The fraction of sp³-hybridized carbons (Fsp3) is 1.00. The first-order chi connectivity index (χ1) is 8.36. The average molecular weight is 241 g/mol. The second kappa shape index (κ2) is 5.22. The lowest BCUT2D eigenvalue weighted by Crippen LogP contribution is -2.41. The van der Waals surface area contributed by atoms with Gasteiger partial charge < -0.3 is 19.5 Å². The number of ether oxygens (including phenoxy) is 3. The van der Waals surface area contributed by atoms with Crippen LogP contribution in [-0.2, 0) is 14.2 Å². The molecule has 1 atom stereocenters. The molecule has 4 heteroatoms. The van der Waals surface area contributed by atoms with Gasteiger partial charge in [-0.25, -0.2) is 0 Å². The third-order valence-electron chi connectivity index (χ3n) is 4.13. The summed E-state index contributed by atoms with van der Waals surface area (Å²) in [5.74, 6) is 0.814. The summed E-state index contributed by atoms with van der Waals surface area (Å²) in [6.07, 6.45) is 6.20. The monoisotopic (exact) mass is 241 g/mol. The van der Waals surface area contributed by atoms with Gasteiger partial charge in [-0.2, -0.15) is 0 Å². The maximum Gasteiger partial charge on any atom is 0.147 e. The maximum absolute atomic E-state index is 5.96. The first-order valence-corrected chi connectivity index (χ1v) is 6.90. The molecule has 98 valence electrons. The van der Waals surface area contributed by atoms with Crippen LogP contribution in [0, 0.1) is 5.92 Å². The van der Waals surface area contributed by atoms with Gasteiger partial charge >= 0.3 is 0 Å². The summed E-state index contributed by atoms with van der Waals surface area (Å²) in [4.78, 5) is 0. The molecule has 1 aliphatic carbocycles. The highest BCUT2D eigenvalue weighted by Crippen LogP contribution is 2.35. The van der Waals surface area contributed by atoms with Gasteiger partial charge in [-0.05, 0) is 44.7 Å². The molecule has 1 spiro atoms. The topological polar surface area (TPSA) is 39.7 Å². The van der Waals surface area contributed by atoms with Crippen molar-refractivity contribution in [3.8, 4) is 0 Å². The summed E-state index contributed by atoms with van der Waals surface area (Å²) in [6.45, 7) is 4.21. The molecule has 4 nitrogen and oxygen atoms in total. The van der Waals surface area contributed by atoms with Gasteiger partial charge in [-0.1, -0.05) is 0 Å². The summed E-state index contributed by atoms with van der Waals surface area (Å²) in [6, 6.07) is 0. The van der Waals surface area contributed by atoms with Crippen molar-refractivity contribution in [2.45, 2.75) is 43.8 Å². The molecule has 0 aromatic rings. The molecule has 0 bridgehead atoms. The summed E-state index contributed by atoms with van der Waals surface area (Å²) in [5, 5.41) is 3.38. The second-order valence-electron chi connectivity index (χ2n) is 5.67. The fourth-order valence-electron chi connectivity index (χ4n) is 2.78. The van der Waals surface area contributed by atoms with Crippen LogP contribution < -0.4 is 5.32 Å². The minimum atomic E-state index is 0.104. The molecule has 2 aliphatic heterocycles. The van der Waals surface area contributed by atoms with E-state index in [1.165, 1.54) is 12.8 Å². The van der Waals surface area contributed by atoms with Gasteiger partial charge in [0.05, 0.1) is 24.9 Å². The molecular weight excluding hydrogens is 218 g/mol. The van der Waals surface area contributed by atoms with Gasteiger partial charge in [0.1, 0.15) is 6.79 Å². The van der Waals surface area contributed by atoms with Crippen LogP contribution in [0.3, 0.4) is 0 Å². The van der Waals surface area contributed by atoms with E-state index in [1.54, 1.807) is 0 Å². The minimum absolute atomic E-state index is 0.104. The lowest BCUT2D eigenvalue weighted by Gasteiger charge is -2.32. The van der Waals surface area contributed by atoms with Gasteiger partial charge in [0.2, 0.25) is 0 Å². The molecule has 17 heavy (non-hydrogen) atoms. The summed E-state index contributed by atoms with van der Waals surface area (Å²) in [5.41, 5.74) is 0.104. The number of hydrogen-bond donors (Lipinski definition) is 1. The molecule has 1 saturated carbocycles. The Hall–Kier alpha value is -0.160. The predicted molar refractivity (Wildman–Crippen MR) is 63.8 cm³/mol. The highest BCUT2D eigenvalue weighted by molar-refractivity contribution is 4.93. The van der Waals surface area contributed by atoms with E-state index in [0.29, 0.717) is 6.79 Å². The third kappa shape index (κ3) is 3.19. The van der Waals surface area contributed by atoms with E-state index in [-0.39, 0.29) is 11.7 Å². The molecule has 1 N–H and O–H groups in total. The first-order valence-electron chi connectivity index (χ1n) is 6.90. The van der Waals surface area contributed by atoms with E-state index in [9.17, 15) is 0 Å². The molecule has 3 fully saturated rings. The Bertz CT molecular complexity index is 249. The zero-order chi connectivity index (χ0) is 11.6. The number of piperidine rings is 1. The predicted octanol–water partition coefficient (Wildman–Crippen LogP) is 1.30. The van der Waals surface area contributed by atoms with Gasteiger partial charge in [-0.3, -0.25) is 0 Å². The Balaban J connectivity index is 1.34. The van der Waals surface area contributed by atoms with Crippen LogP contribution in [0.25, 0.3) is 0 Å². The van der Waals surface area contributed by atoms with E-state index in [0.717, 1.165) is 51.5 Å². The van der Waals surface area contributed by atoms with E-state index in [2.05, 4.69) is 5.32 Å². The van der Waals surface area contributed by atoms with Crippen molar-refractivity contribution in [1.29, 1.82) is 0 Å². The van der Waals surface area contributed by atoms with Crippen LogP contribution in [0.2, 0.25) is 0 Å². The third-order valence-corrected chi connectivity index (χ3v) is 4.13. The van der Waals surface area contributed by atoms with Gasteiger partial charge in [0.15, 0.2) is 0 Å². The Morgan fingerprint density at radius 2 is 2.06 bits per heavy atom. The normalized spacial score (nSPS) is 32.1. The molecule has 1 unspecified atom stereocenters. The quantitative estimate of drug-likeness (QED) is 0.582. The van der Waals surface area contributed by atoms with Gasteiger partial charge in [-0.15, -0.1) is 0 Å². The lowest BCUT2D eigenvalue weighted by molar-refractivity contribution is -0.0923. The second-order valence-corrected chi connectivity index (χ2v) is 5.67. The molecule has 2 saturated heterocycles. The Kier molecular flexibility index (Phi) is 3.66. The smallest absolute Gasteiger partial charge is 0.147 e. The Morgan fingerprint density at radius 1 is 1.24 bits per heavy atom. The highest BCUT2D eigenvalue weighted by atomic mass is 16.7. The van der Waals surface area contributed by atoms with E-state index >= 15 is 0 Å². The fourth-order valence-corrected chi connectivity index (χ4v) is 2.78. The number of rotatable bonds is 5. The molecule has 0 aromatic heterocycles. The molecule has 3 aliphatic rings. The molecule has 3 rings (SSSR count). The lowest BCUT2D eigenvalue weighted by atomic mass is 9.89. The number of nitrogens with one attached hydrogen (secondary N) is 1. The molecule has 0 radical (unpaired) electrons. The van der Waals surface area contributed by atoms with Gasteiger partial charge in [0.25, 0.3) is 0 Å². The van der Waals surface area contributed by atoms with E-state index in [1.807, 2.05) is 0 Å². The van der Waals surface area contributed by atoms with Crippen molar-refractivity contribution >= 4 is 0 Å². The van der Waals surface area contributed by atoms with Crippen LogP contribution in [0.15, 0.2) is 0 Å². The molecular formula is C13H23NO3. The zero-order valence-electron chi connectivity index (χ0n) is 10.5. The SMILES string of the molecule is C1CC2(CCN1)CC(OCOCC1CC1)CO2. The Morgan fingerprint density at radius 3 is 2.82 bits per heavy atom. The number of hydrogen-bond acceptors (Lipinski definition) is 4. The summed E-state index contributed by atoms with van der Waals surface area (Å²) >= 11 is 0. The molecule has 0 aromatic carbocycles. The van der Waals surface area contributed by atoms with Crippen LogP contribution in [-0.4, -0.2) is 44.8 Å². The Labute approximate surface area is 103 Å². The van der Waals surface area contributed by atoms with Crippen molar-refractivity contribution in [1.82, 2.24) is 5.32 Å². The van der Waals surface area contributed by atoms with Crippen molar-refractivity contribution in [3.05, 3.63) is 0 Å². The van der Waals surface area contributed by atoms with Crippen molar-refractivity contribution in [2.75, 3.05) is 33.1 Å². The average Bonchev–Trinajstić information content (AvgIpc) is 3.10. The van der Waals surface area contributed by atoms with Crippen molar-refractivity contribution in [3.63, 3.8) is 0 Å². The van der Waals surface area contributed by atoms with Crippen LogP contribution in [0.5, 0.6) is 0 Å². The van der Waals surface area contributed by atoms with E-state index < -0.39 is 0 Å². The van der Waals surface area contributed by atoms with Crippen molar-refractivity contribution in [2.24, 2.45) is 5.92 Å². The minimum Gasteiger partial charge on any atom is -0.372 e. The van der Waals surface area contributed by atoms with Crippen LogP contribution >= 0.6 is 0 Å². The highest BCUT2D eigenvalue weighted by Gasteiger charge is 2.41. The molecule has 2 heterocycles. The van der Waals surface area contributed by atoms with Gasteiger partial charge in [0, 0.05) is 6.42 Å². The van der Waals surface area contributed by atoms with Crippen LogP contribution in [0.1, 0.15) is 32.1 Å².